The molecule has 0 aliphatic carbocycles. The quantitative estimate of drug-likeness (QED) is 0.864. The van der Waals surface area contributed by atoms with Crippen LogP contribution in [0.1, 0.15) is 35.8 Å². The number of carboxylic acid groups (broad SMARTS) is 1. The van der Waals surface area contributed by atoms with Crippen LogP contribution < -0.4 is 10.6 Å². The third-order valence-corrected chi connectivity index (χ3v) is 3.77. The van der Waals surface area contributed by atoms with E-state index in [1.54, 1.807) is 13.0 Å². The molecule has 1 aromatic rings. The zero-order valence-electron chi connectivity index (χ0n) is 11.7. The second kappa shape index (κ2) is 5.48. The van der Waals surface area contributed by atoms with E-state index in [9.17, 15) is 9.59 Å². The third kappa shape index (κ3) is 2.89. The lowest BCUT2D eigenvalue weighted by atomic mass is 9.93. The molecule has 0 saturated carbocycles. The van der Waals surface area contributed by atoms with E-state index >= 15 is 0 Å². The van der Waals surface area contributed by atoms with Crippen molar-refractivity contribution in [3.63, 3.8) is 0 Å². The summed E-state index contributed by atoms with van der Waals surface area (Å²) in [5.74, 6) is -0.900. The molecule has 1 aliphatic heterocycles. The summed E-state index contributed by atoms with van der Waals surface area (Å²) in [5, 5.41) is 9.12. The lowest BCUT2D eigenvalue weighted by molar-refractivity contribution is -0.122. The van der Waals surface area contributed by atoms with Gasteiger partial charge in [0.25, 0.3) is 0 Å². The van der Waals surface area contributed by atoms with Crippen molar-refractivity contribution in [1.29, 1.82) is 0 Å². The Hall–Kier alpha value is -2.11. The van der Waals surface area contributed by atoms with Crippen LogP contribution in [0.15, 0.2) is 12.1 Å². The standard InChI is InChI=1S/C14H19N3O3/c1-8-5-11(14(19)20)6-12(16-8)17-7-10(13(15)18)4-3-9(17)2/h5-6,9-10H,3-4,7H2,1-2H3,(H2,15,18)(H,19,20). The monoisotopic (exact) mass is 277 g/mol. The molecule has 6 nitrogen and oxygen atoms in total. The molecule has 2 heterocycles. The number of carbonyl (C=O) groups excluding carboxylic acids is 1. The molecule has 6 heteroatoms. The van der Waals surface area contributed by atoms with Gasteiger partial charge in [0, 0.05) is 18.3 Å². The van der Waals surface area contributed by atoms with Gasteiger partial charge in [0.1, 0.15) is 5.82 Å². The Morgan fingerprint density at radius 3 is 2.70 bits per heavy atom. The van der Waals surface area contributed by atoms with Gasteiger partial charge in [-0.1, -0.05) is 0 Å². The first-order valence-electron chi connectivity index (χ1n) is 6.66. The molecule has 1 fully saturated rings. The smallest absolute Gasteiger partial charge is 0.335 e. The molecule has 2 atom stereocenters. The molecule has 108 valence electrons. The van der Waals surface area contributed by atoms with Crippen molar-refractivity contribution in [2.45, 2.75) is 32.7 Å². The Morgan fingerprint density at radius 2 is 2.10 bits per heavy atom. The van der Waals surface area contributed by atoms with Crippen LogP contribution >= 0.6 is 0 Å². The van der Waals surface area contributed by atoms with Crippen molar-refractivity contribution in [2.24, 2.45) is 11.7 Å². The predicted molar refractivity (Wildman–Crippen MR) is 74.7 cm³/mol. The van der Waals surface area contributed by atoms with Gasteiger partial charge in [0.2, 0.25) is 5.91 Å². The Bertz CT molecular complexity index is 544. The number of aryl methyl sites for hydroxylation is 1. The summed E-state index contributed by atoms with van der Waals surface area (Å²) in [4.78, 5) is 28.8. The molecule has 0 aromatic carbocycles. The van der Waals surface area contributed by atoms with E-state index in [-0.39, 0.29) is 23.4 Å². The number of aromatic carboxylic acids is 1. The van der Waals surface area contributed by atoms with Crippen molar-refractivity contribution in [1.82, 2.24) is 4.98 Å². The molecule has 1 aliphatic rings. The van der Waals surface area contributed by atoms with E-state index in [2.05, 4.69) is 4.98 Å². The van der Waals surface area contributed by atoms with Gasteiger partial charge in [0.15, 0.2) is 0 Å². The van der Waals surface area contributed by atoms with Gasteiger partial charge in [-0.05, 0) is 38.8 Å². The van der Waals surface area contributed by atoms with Crippen LogP contribution in [0.3, 0.4) is 0 Å². The number of carbonyl (C=O) groups is 2. The average molecular weight is 277 g/mol. The first-order valence-corrected chi connectivity index (χ1v) is 6.66. The molecule has 3 N–H and O–H groups in total. The fourth-order valence-electron chi connectivity index (χ4n) is 2.58. The summed E-state index contributed by atoms with van der Waals surface area (Å²) < 4.78 is 0. The molecule has 2 unspecified atom stereocenters. The number of nitrogens with two attached hydrogens (primary N) is 1. The summed E-state index contributed by atoms with van der Waals surface area (Å²) >= 11 is 0. The zero-order valence-corrected chi connectivity index (χ0v) is 11.7. The van der Waals surface area contributed by atoms with Gasteiger partial charge in [-0.3, -0.25) is 4.79 Å². The van der Waals surface area contributed by atoms with E-state index in [1.807, 2.05) is 11.8 Å². The van der Waals surface area contributed by atoms with Gasteiger partial charge in [-0.25, -0.2) is 9.78 Å². The highest BCUT2D eigenvalue weighted by atomic mass is 16.4. The van der Waals surface area contributed by atoms with Gasteiger partial charge < -0.3 is 15.7 Å². The summed E-state index contributed by atoms with van der Waals surface area (Å²) in [6.07, 6.45) is 1.61. The molecule has 1 amide bonds. The fraction of sp³-hybridized carbons (Fsp3) is 0.500. The molecule has 20 heavy (non-hydrogen) atoms. The van der Waals surface area contributed by atoms with Crippen molar-refractivity contribution in [2.75, 3.05) is 11.4 Å². The number of nitrogens with zero attached hydrogens (tertiary/aromatic N) is 2. The molecule has 2 rings (SSSR count). The van der Waals surface area contributed by atoms with E-state index in [4.69, 9.17) is 10.8 Å². The van der Waals surface area contributed by atoms with Crippen molar-refractivity contribution in [3.05, 3.63) is 23.4 Å². The Kier molecular flexibility index (Phi) is 3.92. The molecule has 0 spiro atoms. The normalized spacial score (nSPS) is 22.6. The SMILES string of the molecule is Cc1cc(C(=O)O)cc(N2CC(C(N)=O)CCC2C)n1. The number of carboxylic acids is 1. The Balaban J connectivity index is 2.33. The first kappa shape index (κ1) is 14.3. The Labute approximate surface area is 117 Å². The predicted octanol–water partition coefficient (Wildman–Crippen LogP) is 1.18. The number of rotatable bonds is 3. The fourth-order valence-corrected chi connectivity index (χ4v) is 2.58. The van der Waals surface area contributed by atoms with Crippen molar-refractivity contribution < 1.29 is 14.7 Å². The number of hydrogen-bond donors (Lipinski definition) is 2. The lowest BCUT2D eigenvalue weighted by Gasteiger charge is -2.38. The number of hydrogen-bond acceptors (Lipinski definition) is 4. The first-order chi connectivity index (χ1) is 9.38. The number of primary amides is 1. The maximum Gasteiger partial charge on any atom is 0.335 e. The van der Waals surface area contributed by atoms with Crippen LogP contribution in [0, 0.1) is 12.8 Å². The molecular formula is C14H19N3O3. The number of anilines is 1. The van der Waals surface area contributed by atoms with Crippen LogP contribution in [-0.2, 0) is 4.79 Å². The van der Waals surface area contributed by atoms with Crippen LogP contribution in [-0.4, -0.2) is 34.6 Å². The summed E-state index contributed by atoms with van der Waals surface area (Å²) in [6.45, 7) is 4.30. The van der Waals surface area contributed by atoms with Gasteiger partial charge in [-0.2, -0.15) is 0 Å². The lowest BCUT2D eigenvalue weighted by Crippen LogP contribution is -2.46. The minimum atomic E-state index is -0.979. The number of amides is 1. The molecule has 0 bridgehead atoms. The maximum atomic E-state index is 11.4. The van der Waals surface area contributed by atoms with Crippen LogP contribution in [0.5, 0.6) is 0 Å². The summed E-state index contributed by atoms with van der Waals surface area (Å²) in [6, 6.07) is 3.29. The molecular weight excluding hydrogens is 258 g/mol. The summed E-state index contributed by atoms with van der Waals surface area (Å²) in [7, 11) is 0. The second-order valence-electron chi connectivity index (χ2n) is 5.34. The van der Waals surface area contributed by atoms with Gasteiger partial charge in [-0.15, -0.1) is 0 Å². The molecule has 1 aromatic heterocycles. The van der Waals surface area contributed by atoms with Gasteiger partial charge >= 0.3 is 5.97 Å². The summed E-state index contributed by atoms with van der Waals surface area (Å²) in [5.41, 5.74) is 6.24. The maximum absolute atomic E-state index is 11.4. The van der Waals surface area contributed by atoms with Gasteiger partial charge in [0.05, 0.1) is 11.5 Å². The minimum Gasteiger partial charge on any atom is -0.478 e. The van der Waals surface area contributed by atoms with Crippen LogP contribution in [0.2, 0.25) is 0 Å². The van der Waals surface area contributed by atoms with Crippen LogP contribution in [0.25, 0.3) is 0 Å². The van der Waals surface area contributed by atoms with Crippen LogP contribution in [0.4, 0.5) is 5.82 Å². The molecule has 0 radical (unpaired) electrons. The number of piperidine rings is 1. The highest BCUT2D eigenvalue weighted by molar-refractivity contribution is 5.88. The molecule has 1 saturated heterocycles. The highest BCUT2D eigenvalue weighted by Crippen LogP contribution is 2.27. The second-order valence-corrected chi connectivity index (χ2v) is 5.34. The zero-order chi connectivity index (χ0) is 14.9. The van der Waals surface area contributed by atoms with E-state index in [1.165, 1.54) is 6.07 Å². The average Bonchev–Trinajstić information content (AvgIpc) is 2.38. The third-order valence-electron chi connectivity index (χ3n) is 3.77. The number of aromatic nitrogens is 1. The topological polar surface area (TPSA) is 96.5 Å². The van der Waals surface area contributed by atoms with E-state index < -0.39 is 5.97 Å². The van der Waals surface area contributed by atoms with E-state index in [0.29, 0.717) is 18.1 Å². The van der Waals surface area contributed by atoms with E-state index in [0.717, 1.165) is 12.8 Å². The Morgan fingerprint density at radius 1 is 1.40 bits per heavy atom. The van der Waals surface area contributed by atoms with Crippen molar-refractivity contribution >= 4 is 17.7 Å². The largest absolute Gasteiger partial charge is 0.478 e. The highest BCUT2D eigenvalue weighted by Gasteiger charge is 2.29. The van der Waals surface area contributed by atoms with Crippen molar-refractivity contribution in [3.8, 4) is 0 Å². The number of pyridine rings is 1. The minimum absolute atomic E-state index is 0.207.